The number of nitrogens with two attached hydrogens (primary N) is 1. The van der Waals surface area contributed by atoms with Crippen LogP contribution in [0, 0.1) is 11.7 Å². The van der Waals surface area contributed by atoms with Crippen LogP contribution in [0.5, 0.6) is 0 Å². The standard InChI is InChI=1S/C13H15FN2O3/c1-19-13(18)8-4-5-16(7-8)12(17)10-6-9(14)2-3-11(10)15/h2-3,6,8H,4-5,7,15H2,1H3. The van der Waals surface area contributed by atoms with E-state index in [1.807, 2.05) is 0 Å². The molecule has 0 aromatic heterocycles. The highest BCUT2D eigenvalue weighted by atomic mass is 19.1. The van der Waals surface area contributed by atoms with Crippen molar-refractivity contribution >= 4 is 17.6 Å². The van der Waals surface area contributed by atoms with Crippen molar-refractivity contribution in [2.75, 3.05) is 25.9 Å². The molecular formula is C13H15FN2O3. The lowest BCUT2D eigenvalue weighted by Crippen LogP contribution is -2.30. The minimum atomic E-state index is -0.513. The van der Waals surface area contributed by atoms with Gasteiger partial charge in [-0.1, -0.05) is 0 Å². The van der Waals surface area contributed by atoms with Crippen molar-refractivity contribution in [1.82, 2.24) is 4.90 Å². The lowest BCUT2D eigenvalue weighted by atomic mass is 10.1. The van der Waals surface area contributed by atoms with Gasteiger partial charge in [-0.15, -0.1) is 0 Å². The van der Waals surface area contributed by atoms with E-state index in [1.54, 1.807) is 0 Å². The van der Waals surface area contributed by atoms with E-state index in [2.05, 4.69) is 4.74 Å². The number of rotatable bonds is 2. The van der Waals surface area contributed by atoms with Gasteiger partial charge in [-0.2, -0.15) is 0 Å². The van der Waals surface area contributed by atoms with Crippen LogP contribution in [0.25, 0.3) is 0 Å². The normalized spacial score (nSPS) is 18.4. The maximum Gasteiger partial charge on any atom is 0.310 e. The van der Waals surface area contributed by atoms with E-state index in [0.717, 1.165) is 6.07 Å². The molecule has 1 unspecified atom stereocenters. The lowest BCUT2D eigenvalue weighted by Gasteiger charge is -2.17. The highest BCUT2D eigenvalue weighted by Gasteiger charge is 2.32. The van der Waals surface area contributed by atoms with Gasteiger partial charge >= 0.3 is 5.97 Å². The van der Waals surface area contributed by atoms with Crippen molar-refractivity contribution in [2.24, 2.45) is 5.92 Å². The molecule has 0 bridgehead atoms. The number of hydrogen-bond acceptors (Lipinski definition) is 4. The number of carbonyl (C=O) groups is 2. The van der Waals surface area contributed by atoms with Crippen molar-refractivity contribution < 1.29 is 18.7 Å². The second kappa shape index (κ2) is 5.26. The topological polar surface area (TPSA) is 72.6 Å². The van der Waals surface area contributed by atoms with Crippen LogP contribution in [0.15, 0.2) is 18.2 Å². The molecule has 19 heavy (non-hydrogen) atoms. The summed E-state index contributed by atoms with van der Waals surface area (Å²) in [7, 11) is 1.32. The summed E-state index contributed by atoms with van der Waals surface area (Å²) in [6.07, 6.45) is 0.549. The first-order valence-electron chi connectivity index (χ1n) is 5.95. The van der Waals surface area contributed by atoms with E-state index in [9.17, 15) is 14.0 Å². The van der Waals surface area contributed by atoms with Crippen LogP contribution in [-0.2, 0) is 9.53 Å². The van der Waals surface area contributed by atoms with Gasteiger partial charge in [-0.3, -0.25) is 9.59 Å². The molecule has 1 atom stereocenters. The molecule has 6 heteroatoms. The van der Waals surface area contributed by atoms with Crippen molar-refractivity contribution in [3.8, 4) is 0 Å². The number of benzene rings is 1. The average molecular weight is 266 g/mol. The number of carbonyl (C=O) groups excluding carboxylic acids is 2. The van der Waals surface area contributed by atoms with Crippen LogP contribution in [0.2, 0.25) is 0 Å². The number of esters is 1. The van der Waals surface area contributed by atoms with Gasteiger partial charge in [0, 0.05) is 18.8 Å². The van der Waals surface area contributed by atoms with E-state index in [-0.39, 0.29) is 35.6 Å². The monoisotopic (exact) mass is 266 g/mol. The largest absolute Gasteiger partial charge is 0.469 e. The molecule has 5 nitrogen and oxygen atoms in total. The lowest BCUT2D eigenvalue weighted by molar-refractivity contribution is -0.144. The van der Waals surface area contributed by atoms with E-state index in [4.69, 9.17) is 5.73 Å². The van der Waals surface area contributed by atoms with Gasteiger partial charge in [-0.25, -0.2) is 4.39 Å². The fourth-order valence-electron chi connectivity index (χ4n) is 2.19. The summed E-state index contributed by atoms with van der Waals surface area (Å²) in [6, 6.07) is 3.67. The maximum absolute atomic E-state index is 13.2. The van der Waals surface area contributed by atoms with Crippen LogP contribution in [0.4, 0.5) is 10.1 Å². The molecule has 1 saturated heterocycles. The molecule has 1 aliphatic heterocycles. The number of likely N-dealkylation sites (tertiary alicyclic amines) is 1. The Hall–Kier alpha value is -2.11. The quantitative estimate of drug-likeness (QED) is 0.641. The molecule has 0 aliphatic carbocycles. The molecule has 1 aliphatic rings. The highest BCUT2D eigenvalue weighted by Crippen LogP contribution is 2.22. The second-order valence-electron chi connectivity index (χ2n) is 4.49. The molecule has 2 N–H and O–H groups in total. The zero-order valence-electron chi connectivity index (χ0n) is 10.6. The summed E-state index contributed by atoms with van der Waals surface area (Å²) in [5, 5.41) is 0. The summed E-state index contributed by atoms with van der Waals surface area (Å²) in [6.45, 7) is 0.718. The molecule has 1 fully saturated rings. The molecule has 102 valence electrons. The van der Waals surface area contributed by atoms with Crippen LogP contribution in [0.3, 0.4) is 0 Å². The average Bonchev–Trinajstić information content (AvgIpc) is 2.89. The van der Waals surface area contributed by atoms with Crippen LogP contribution in [-0.4, -0.2) is 37.0 Å². The number of methoxy groups -OCH3 is 1. The zero-order chi connectivity index (χ0) is 14.0. The van der Waals surface area contributed by atoms with Gasteiger partial charge in [0.15, 0.2) is 0 Å². The number of ether oxygens (including phenoxy) is 1. The summed E-state index contributed by atoms with van der Waals surface area (Å²) in [5.74, 6) is -1.52. The third kappa shape index (κ3) is 2.67. The minimum absolute atomic E-state index is 0.130. The number of anilines is 1. The smallest absolute Gasteiger partial charge is 0.310 e. The van der Waals surface area contributed by atoms with Crippen molar-refractivity contribution in [3.63, 3.8) is 0 Å². The molecule has 1 amide bonds. The van der Waals surface area contributed by atoms with Crippen LogP contribution in [0.1, 0.15) is 16.8 Å². The minimum Gasteiger partial charge on any atom is -0.469 e. The molecule has 0 saturated carbocycles. The molecule has 0 radical (unpaired) electrons. The van der Waals surface area contributed by atoms with Crippen molar-refractivity contribution in [3.05, 3.63) is 29.6 Å². The predicted molar refractivity (Wildman–Crippen MR) is 66.8 cm³/mol. The Bertz CT molecular complexity index is 519. The van der Waals surface area contributed by atoms with E-state index in [1.165, 1.54) is 24.1 Å². The van der Waals surface area contributed by atoms with Gasteiger partial charge in [0.25, 0.3) is 5.91 Å². The van der Waals surface area contributed by atoms with Gasteiger partial charge in [-0.05, 0) is 24.6 Å². The summed E-state index contributed by atoms with van der Waals surface area (Å²) in [5.41, 5.74) is 6.03. The van der Waals surface area contributed by atoms with Crippen molar-refractivity contribution in [1.29, 1.82) is 0 Å². The molecule has 1 aromatic rings. The summed E-state index contributed by atoms with van der Waals surface area (Å²) < 4.78 is 17.8. The highest BCUT2D eigenvalue weighted by molar-refractivity contribution is 5.99. The summed E-state index contributed by atoms with van der Waals surface area (Å²) >= 11 is 0. The Labute approximate surface area is 110 Å². The SMILES string of the molecule is COC(=O)C1CCN(C(=O)c2cc(F)ccc2N)C1. The van der Waals surface area contributed by atoms with E-state index in [0.29, 0.717) is 13.0 Å². The third-order valence-corrected chi connectivity index (χ3v) is 3.26. The first kappa shape index (κ1) is 13.3. The predicted octanol–water partition coefficient (Wildman–Crippen LogP) is 1.04. The van der Waals surface area contributed by atoms with E-state index < -0.39 is 5.82 Å². The van der Waals surface area contributed by atoms with Crippen molar-refractivity contribution in [2.45, 2.75) is 6.42 Å². The zero-order valence-corrected chi connectivity index (χ0v) is 10.6. The Balaban J connectivity index is 2.13. The maximum atomic E-state index is 13.2. The number of hydrogen-bond donors (Lipinski definition) is 1. The Morgan fingerprint density at radius 1 is 1.47 bits per heavy atom. The third-order valence-electron chi connectivity index (χ3n) is 3.26. The van der Waals surface area contributed by atoms with Gasteiger partial charge in [0.1, 0.15) is 5.82 Å². The second-order valence-corrected chi connectivity index (χ2v) is 4.49. The van der Waals surface area contributed by atoms with Gasteiger partial charge < -0.3 is 15.4 Å². The molecule has 1 heterocycles. The molecule has 1 aromatic carbocycles. The number of nitrogen functional groups attached to an aromatic ring is 1. The number of amides is 1. The molecule has 2 rings (SSSR count). The van der Waals surface area contributed by atoms with Gasteiger partial charge in [0.2, 0.25) is 0 Å². The first-order chi connectivity index (χ1) is 9.02. The van der Waals surface area contributed by atoms with E-state index >= 15 is 0 Å². The summed E-state index contributed by atoms with van der Waals surface area (Å²) in [4.78, 5) is 25.1. The molecular weight excluding hydrogens is 251 g/mol. The fraction of sp³-hybridized carbons (Fsp3) is 0.385. The van der Waals surface area contributed by atoms with Crippen LogP contribution >= 0.6 is 0 Å². The first-order valence-corrected chi connectivity index (χ1v) is 5.95. The fourth-order valence-corrected chi connectivity index (χ4v) is 2.19. The Kier molecular flexibility index (Phi) is 3.69. The Morgan fingerprint density at radius 3 is 2.89 bits per heavy atom. The van der Waals surface area contributed by atoms with Crippen LogP contribution < -0.4 is 5.73 Å². The molecule has 0 spiro atoms. The van der Waals surface area contributed by atoms with Gasteiger partial charge in [0.05, 0.1) is 18.6 Å². The number of halogens is 1. The number of nitrogens with zero attached hydrogens (tertiary/aromatic N) is 1. The Morgan fingerprint density at radius 2 is 2.21 bits per heavy atom.